The predicted molar refractivity (Wildman–Crippen MR) is 82.7 cm³/mol. The molecule has 1 aliphatic heterocycles. The SMILES string of the molecule is CC(=O)NCC(=O)N1CCCC(CCc2ccccc2F)C1. The van der Waals surface area contributed by atoms with Gasteiger partial charge in [-0.25, -0.2) is 4.39 Å². The summed E-state index contributed by atoms with van der Waals surface area (Å²) in [6.07, 6.45) is 3.61. The lowest BCUT2D eigenvalue weighted by molar-refractivity contribution is -0.134. The van der Waals surface area contributed by atoms with Crippen molar-refractivity contribution in [2.75, 3.05) is 19.6 Å². The predicted octanol–water partition coefficient (Wildman–Crippen LogP) is 2.13. The summed E-state index contributed by atoms with van der Waals surface area (Å²) in [5.74, 6) is 0.0128. The molecule has 22 heavy (non-hydrogen) atoms. The molecule has 2 rings (SSSR count). The van der Waals surface area contributed by atoms with E-state index in [0.29, 0.717) is 18.9 Å². The Kier molecular flexibility index (Phi) is 5.92. The number of nitrogens with one attached hydrogen (secondary N) is 1. The number of hydrogen-bond donors (Lipinski definition) is 1. The minimum absolute atomic E-state index is 0.0363. The minimum atomic E-state index is -0.193. The number of rotatable bonds is 5. The average Bonchev–Trinajstić information content (AvgIpc) is 2.52. The number of carbonyl (C=O) groups is 2. The van der Waals surface area contributed by atoms with Gasteiger partial charge in [0.25, 0.3) is 0 Å². The van der Waals surface area contributed by atoms with E-state index in [-0.39, 0.29) is 24.2 Å². The van der Waals surface area contributed by atoms with Gasteiger partial charge >= 0.3 is 0 Å². The van der Waals surface area contributed by atoms with Crippen molar-refractivity contribution >= 4 is 11.8 Å². The van der Waals surface area contributed by atoms with E-state index in [9.17, 15) is 14.0 Å². The zero-order valence-electron chi connectivity index (χ0n) is 13.0. The molecule has 120 valence electrons. The Morgan fingerprint density at radius 3 is 2.86 bits per heavy atom. The maximum absolute atomic E-state index is 13.6. The van der Waals surface area contributed by atoms with Crippen LogP contribution in [0.1, 0.15) is 31.7 Å². The highest BCUT2D eigenvalue weighted by atomic mass is 19.1. The van der Waals surface area contributed by atoms with E-state index in [1.165, 1.54) is 13.0 Å². The lowest BCUT2D eigenvalue weighted by atomic mass is 9.91. The molecule has 1 unspecified atom stereocenters. The van der Waals surface area contributed by atoms with Crippen LogP contribution in [0.3, 0.4) is 0 Å². The van der Waals surface area contributed by atoms with Gasteiger partial charge in [0, 0.05) is 20.0 Å². The molecule has 0 aromatic heterocycles. The molecule has 5 heteroatoms. The molecule has 1 atom stereocenters. The molecular formula is C17H23FN2O2. The Balaban J connectivity index is 1.82. The van der Waals surface area contributed by atoms with Crippen LogP contribution >= 0.6 is 0 Å². The molecular weight excluding hydrogens is 283 g/mol. The molecule has 0 aliphatic carbocycles. The van der Waals surface area contributed by atoms with Crippen LogP contribution in [0, 0.1) is 11.7 Å². The number of amides is 2. The van der Waals surface area contributed by atoms with Crippen molar-refractivity contribution < 1.29 is 14.0 Å². The first-order valence-corrected chi connectivity index (χ1v) is 7.82. The Bertz CT molecular complexity index is 533. The molecule has 4 nitrogen and oxygen atoms in total. The number of benzene rings is 1. The van der Waals surface area contributed by atoms with Crippen molar-refractivity contribution in [1.29, 1.82) is 0 Å². The number of hydrogen-bond acceptors (Lipinski definition) is 2. The molecule has 1 heterocycles. The second-order valence-corrected chi connectivity index (χ2v) is 5.89. The van der Waals surface area contributed by atoms with E-state index < -0.39 is 0 Å². The molecule has 1 aromatic rings. The maximum atomic E-state index is 13.6. The van der Waals surface area contributed by atoms with Crippen LogP contribution in [-0.2, 0) is 16.0 Å². The van der Waals surface area contributed by atoms with E-state index in [1.54, 1.807) is 6.07 Å². The number of halogens is 1. The fourth-order valence-electron chi connectivity index (χ4n) is 2.90. The summed E-state index contributed by atoms with van der Waals surface area (Å²) in [7, 11) is 0. The third-order valence-electron chi connectivity index (χ3n) is 4.14. The van der Waals surface area contributed by atoms with Crippen LogP contribution in [0.25, 0.3) is 0 Å². The number of piperidine rings is 1. The van der Waals surface area contributed by atoms with Gasteiger partial charge in [0.05, 0.1) is 6.54 Å². The van der Waals surface area contributed by atoms with Crippen LogP contribution in [0.5, 0.6) is 0 Å². The highest BCUT2D eigenvalue weighted by molar-refractivity contribution is 5.83. The van der Waals surface area contributed by atoms with E-state index in [2.05, 4.69) is 5.32 Å². The Hall–Kier alpha value is -1.91. The van der Waals surface area contributed by atoms with E-state index in [1.807, 2.05) is 17.0 Å². The second kappa shape index (κ2) is 7.92. The summed E-state index contributed by atoms with van der Waals surface area (Å²) < 4.78 is 13.6. The van der Waals surface area contributed by atoms with Gasteiger partial charge in [-0.3, -0.25) is 9.59 Å². The van der Waals surface area contributed by atoms with Crippen LogP contribution in [0.2, 0.25) is 0 Å². The summed E-state index contributed by atoms with van der Waals surface area (Å²) in [4.78, 5) is 24.7. The molecule has 2 amide bonds. The first-order chi connectivity index (χ1) is 10.6. The minimum Gasteiger partial charge on any atom is -0.347 e. The number of carbonyl (C=O) groups excluding carboxylic acids is 2. The molecule has 1 saturated heterocycles. The van der Waals surface area contributed by atoms with Crippen molar-refractivity contribution in [3.05, 3.63) is 35.6 Å². The molecule has 0 spiro atoms. The molecule has 0 saturated carbocycles. The fraction of sp³-hybridized carbons (Fsp3) is 0.529. The van der Waals surface area contributed by atoms with Crippen molar-refractivity contribution in [2.45, 2.75) is 32.6 Å². The highest BCUT2D eigenvalue weighted by Crippen LogP contribution is 2.22. The normalized spacial score (nSPS) is 18.1. The van der Waals surface area contributed by atoms with Gasteiger partial charge in [-0.15, -0.1) is 0 Å². The average molecular weight is 306 g/mol. The third kappa shape index (κ3) is 4.83. The van der Waals surface area contributed by atoms with Crippen molar-refractivity contribution in [2.24, 2.45) is 5.92 Å². The number of nitrogens with zero attached hydrogens (tertiary/aromatic N) is 1. The molecule has 1 N–H and O–H groups in total. The van der Waals surface area contributed by atoms with E-state index in [4.69, 9.17) is 0 Å². The monoisotopic (exact) mass is 306 g/mol. The number of aryl methyl sites for hydroxylation is 1. The first-order valence-electron chi connectivity index (χ1n) is 7.82. The van der Waals surface area contributed by atoms with Crippen LogP contribution in [0.15, 0.2) is 24.3 Å². The van der Waals surface area contributed by atoms with Crippen molar-refractivity contribution in [3.8, 4) is 0 Å². The lowest BCUT2D eigenvalue weighted by Gasteiger charge is -2.33. The smallest absolute Gasteiger partial charge is 0.241 e. The summed E-state index contributed by atoms with van der Waals surface area (Å²) >= 11 is 0. The van der Waals surface area contributed by atoms with E-state index >= 15 is 0 Å². The summed E-state index contributed by atoms with van der Waals surface area (Å²) in [5, 5.41) is 2.54. The van der Waals surface area contributed by atoms with Gasteiger partial charge < -0.3 is 10.2 Å². The molecule has 1 aromatic carbocycles. The zero-order chi connectivity index (χ0) is 15.9. The Morgan fingerprint density at radius 1 is 1.36 bits per heavy atom. The topological polar surface area (TPSA) is 49.4 Å². The Morgan fingerprint density at radius 2 is 2.14 bits per heavy atom. The number of likely N-dealkylation sites (tertiary alicyclic amines) is 1. The van der Waals surface area contributed by atoms with Gasteiger partial charge in [0.1, 0.15) is 5.82 Å². The maximum Gasteiger partial charge on any atom is 0.241 e. The lowest BCUT2D eigenvalue weighted by Crippen LogP contribution is -2.44. The van der Waals surface area contributed by atoms with Gasteiger partial charge in [-0.1, -0.05) is 18.2 Å². The van der Waals surface area contributed by atoms with Gasteiger partial charge in [0.15, 0.2) is 0 Å². The Labute approximate surface area is 130 Å². The molecule has 0 radical (unpaired) electrons. The van der Waals surface area contributed by atoms with Gasteiger partial charge in [-0.05, 0) is 43.2 Å². The van der Waals surface area contributed by atoms with Gasteiger partial charge in [0.2, 0.25) is 11.8 Å². The summed E-state index contributed by atoms with van der Waals surface area (Å²) in [6.45, 7) is 2.91. The van der Waals surface area contributed by atoms with Crippen LogP contribution in [-0.4, -0.2) is 36.3 Å². The quantitative estimate of drug-likeness (QED) is 0.906. The van der Waals surface area contributed by atoms with Crippen molar-refractivity contribution in [3.63, 3.8) is 0 Å². The summed E-state index contributed by atoms with van der Waals surface area (Å²) in [6, 6.07) is 6.85. The van der Waals surface area contributed by atoms with Crippen molar-refractivity contribution in [1.82, 2.24) is 10.2 Å². The van der Waals surface area contributed by atoms with Crippen LogP contribution in [0.4, 0.5) is 4.39 Å². The molecule has 1 aliphatic rings. The first kappa shape index (κ1) is 16.5. The largest absolute Gasteiger partial charge is 0.347 e. The van der Waals surface area contributed by atoms with E-state index in [0.717, 1.165) is 31.4 Å². The highest BCUT2D eigenvalue weighted by Gasteiger charge is 2.23. The van der Waals surface area contributed by atoms with Gasteiger partial charge in [-0.2, -0.15) is 0 Å². The standard InChI is InChI=1S/C17H23FN2O2/c1-13(21)19-11-17(22)20-10-4-5-14(12-20)8-9-15-6-2-3-7-16(15)18/h2-3,6-7,14H,4-5,8-12H2,1H3,(H,19,21). The summed E-state index contributed by atoms with van der Waals surface area (Å²) in [5.41, 5.74) is 0.740. The van der Waals surface area contributed by atoms with Crippen LogP contribution < -0.4 is 5.32 Å². The fourth-order valence-corrected chi connectivity index (χ4v) is 2.90. The molecule has 1 fully saturated rings. The third-order valence-corrected chi connectivity index (χ3v) is 4.14. The molecule has 0 bridgehead atoms. The second-order valence-electron chi connectivity index (χ2n) is 5.89. The zero-order valence-corrected chi connectivity index (χ0v) is 13.0.